The van der Waals surface area contributed by atoms with Gasteiger partial charge in [-0.2, -0.15) is 5.26 Å². The minimum Gasteiger partial charge on any atom is -0.497 e. The summed E-state index contributed by atoms with van der Waals surface area (Å²) in [5.74, 6) is 1.50. The van der Waals surface area contributed by atoms with Crippen molar-refractivity contribution in [1.82, 2.24) is 4.67 Å². The Bertz CT molecular complexity index is 1350. The van der Waals surface area contributed by atoms with Crippen molar-refractivity contribution in [2.24, 2.45) is 0 Å². The summed E-state index contributed by atoms with van der Waals surface area (Å²) < 4.78 is 46.1. The lowest BCUT2D eigenvalue weighted by molar-refractivity contribution is -0.0728. The molecular formula is C36H48BN2O7P. The Morgan fingerprint density at radius 3 is 1.83 bits per heavy atom. The first-order valence-electron chi connectivity index (χ1n) is 16.1. The summed E-state index contributed by atoms with van der Waals surface area (Å²) in [5.41, 5.74) is 1.79. The normalized spacial score (nSPS) is 20.4. The Kier molecular flexibility index (Phi) is 13.6. The Morgan fingerprint density at radius 1 is 0.830 bits per heavy atom. The van der Waals surface area contributed by atoms with Gasteiger partial charge >= 0.3 is 0 Å². The van der Waals surface area contributed by atoms with Gasteiger partial charge in [-0.1, -0.05) is 54.6 Å². The van der Waals surface area contributed by atoms with Crippen molar-refractivity contribution in [3.63, 3.8) is 0 Å². The van der Waals surface area contributed by atoms with E-state index in [1.165, 1.54) is 0 Å². The molecule has 3 aromatic carbocycles. The van der Waals surface area contributed by atoms with Gasteiger partial charge in [0.25, 0.3) is 8.53 Å². The van der Waals surface area contributed by atoms with E-state index < -0.39 is 26.3 Å². The average molecular weight is 663 g/mol. The highest BCUT2D eigenvalue weighted by molar-refractivity contribution is 7.44. The lowest BCUT2D eigenvalue weighted by Crippen LogP contribution is -2.43. The number of ether oxygens (including phenoxy) is 5. The van der Waals surface area contributed by atoms with E-state index in [4.69, 9.17) is 32.7 Å². The third-order valence-electron chi connectivity index (χ3n) is 8.33. The SMILES string of the molecule is B[C@@H]1O[C@H](COC(c2ccccc2)(c2ccc(OC)cc2)c2ccc(OC)cc2)[C@@H](OP(OCCC#N)N(C(C)C)C(C)C)[C@H]1OC. The molecular weight excluding hydrogens is 614 g/mol. The van der Waals surface area contributed by atoms with E-state index in [9.17, 15) is 5.26 Å². The Labute approximate surface area is 282 Å². The molecule has 0 aromatic heterocycles. The first kappa shape index (κ1) is 36.8. The van der Waals surface area contributed by atoms with Gasteiger partial charge in [0.2, 0.25) is 0 Å². The monoisotopic (exact) mass is 662 g/mol. The fourth-order valence-corrected chi connectivity index (χ4v) is 7.95. The zero-order valence-electron chi connectivity index (χ0n) is 28.8. The molecule has 9 nitrogen and oxygen atoms in total. The quantitative estimate of drug-likeness (QED) is 0.0742. The summed E-state index contributed by atoms with van der Waals surface area (Å²) in [6.07, 6.45) is -1.07. The van der Waals surface area contributed by atoms with Gasteiger partial charge < -0.3 is 32.7 Å². The molecule has 0 aliphatic carbocycles. The van der Waals surface area contributed by atoms with Crippen LogP contribution in [0.2, 0.25) is 0 Å². The summed E-state index contributed by atoms with van der Waals surface area (Å²) in [6.45, 7) is 8.93. The lowest BCUT2D eigenvalue weighted by atomic mass is 9.80. The molecule has 1 aliphatic rings. The predicted octanol–water partition coefficient (Wildman–Crippen LogP) is 6.05. The number of methoxy groups -OCH3 is 3. The van der Waals surface area contributed by atoms with E-state index in [0.29, 0.717) is 0 Å². The third-order valence-corrected chi connectivity index (χ3v) is 10.5. The maximum Gasteiger partial charge on any atom is 0.259 e. The summed E-state index contributed by atoms with van der Waals surface area (Å²) in [5, 5.41) is 9.22. The van der Waals surface area contributed by atoms with E-state index >= 15 is 0 Å². The minimum absolute atomic E-state index is 0.148. The zero-order chi connectivity index (χ0) is 34.0. The molecule has 252 valence electrons. The fourth-order valence-electron chi connectivity index (χ4n) is 6.18. The van der Waals surface area contributed by atoms with Gasteiger partial charge in [-0.3, -0.25) is 0 Å². The first-order chi connectivity index (χ1) is 22.7. The van der Waals surface area contributed by atoms with Crippen LogP contribution in [0, 0.1) is 11.3 Å². The van der Waals surface area contributed by atoms with E-state index in [2.05, 4.69) is 50.6 Å². The summed E-state index contributed by atoms with van der Waals surface area (Å²) in [7, 11) is 5.43. The van der Waals surface area contributed by atoms with E-state index in [-0.39, 0.29) is 43.8 Å². The molecule has 47 heavy (non-hydrogen) atoms. The second-order valence-electron chi connectivity index (χ2n) is 12.0. The van der Waals surface area contributed by atoms with Crippen LogP contribution in [0.25, 0.3) is 0 Å². The standard InChI is InChI=1S/C36H48BN2O7P/c1-25(2)39(26(3)4)47(44-23-11-22-38)46-33-32(45-35(37)34(33)42-7)24-43-36(27-12-9-8-10-13-27,28-14-18-30(40-5)19-15-28)29-16-20-31(41-6)21-17-29/h8-10,12-21,25-26,32-35H,11,23-24,37H2,1-7H3/t32-,33-,34-,35-,47?/m1/s1. The van der Waals surface area contributed by atoms with E-state index in [1.54, 1.807) is 21.3 Å². The molecule has 4 rings (SSSR count). The van der Waals surface area contributed by atoms with Crippen molar-refractivity contribution in [1.29, 1.82) is 5.26 Å². The van der Waals surface area contributed by atoms with Crippen LogP contribution in [-0.2, 0) is 28.9 Å². The van der Waals surface area contributed by atoms with Crippen LogP contribution in [0.4, 0.5) is 0 Å². The van der Waals surface area contributed by atoms with Gasteiger partial charge in [-0.15, -0.1) is 0 Å². The van der Waals surface area contributed by atoms with Crippen LogP contribution in [-0.4, -0.2) is 83.5 Å². The van der Waals surface area contributed by atoms with Gasteiger partial charge in [0, 0.05) is 19.2 Å². The van der Waals surface area contributed by atoms with Crippen LogP contribution in [0.5, 0.6) is 11.5 Å². The number of rotatable bonds is 17. The topological polar surface area (TPSA) is 91.6 Å². The molecule has 0 saturated carbocycles. The molecule has 1 fully saturated rings. The number of nitrogens with zero attached hydrogens (tertiary/aromatic N) is 2. The Morgan fingerprint density at radius 2 is 1.36 bits per heavy atom. The van der Waals surface area contributed by atoms with Crippen LogP contribution < -0.4 is 9.47 Å². The maximum absolute atomic E-state index is 9.22. The molecule has 3 aromatic rings. The van der Waals surface area contributed by atoms with Crippen LogP contribution in [0.3, 0.4) is 0 Å². The molecule has 1 saturated heterocycles. The highest BCUT2D eigenvalue weighted by Crippen LogP contribution is 2.50. The molecule has 0 radical (unpaired) electrons. The largest absolute Gasteiger partial charge is 0.497 e. The van der Waals surface area contributed by atoms with Gasteiger partial charge in [-0.05, 0) is 68.7 Å². The number of nitriles is 1. The van der Waals surface area contributed by atoms with Gasteiger partial charge in [0.15, 0.2) is 0 Å². The second kappa shape index (κ2) is 17.4. The molecule has 5 atom stereocenters. The molecule has 0 amide bonds. The molecule has 1 aliphatic heterocycles. The number of hydrogen-bond donors (Lipinski definition) is 0. The second-order valence-corrected chi connectivity index (χ2v) is 13.4. The zero-order valence-corrected chi connectivity index (χ0v) is 29.7. The predicted molar refractivity (Wildman–Crippen MR) is 186 cm³/mol. The van der Waals surface area contributed by atoms with Crippen LogP contribution in [0.15, 0.2) is 78.9 Å². The third kappa shape index (κ3) is 8.54. The van der Waals surface area contributed by atoms with Crippen molar-refractivity contribution in [3.05, 3.63) is 95.6 Å². The van der Waals surface area contributed by atoms with Gasteiger partial charge in [-0.25, -0.2) is 4.67 Å². The molecule has 1 unspecified atom stereocenters. The number of benzene rings is 3. The van der Waals surface area contributed by atoms with Crippen molar-refractivity contribution < 1.29 is 32.7 Å². The molecule has 0 bridgehead atoms. The van der Waals surface area contributed by atoms with E-state index in [1.807, 2.05) is 74.6 Å². The summed E-state index contributed by atoms with van der Waals surface area (Å²) >= 11 is 0. The van der Waals surface area contributed by atoms with Crippen molar-refractivity contribution in [2.45, 2.75) is 76.1 Å². The van der Waals surface area contributed by atoms with Crippen molar-refractivity contribution in [3.8, 4) is 17.6 Å². The smallest absolute Gasteiger partial charge is 0.259 e. The van der Waals surface area contributed by atoms with Crippen LogP contribution >= 0.6 is 8.53 Å². The fraction of sp³-hybridized carbons (Fsp3) is 0.472. The van der Waals surface area contributed by atoms with Crippen molar-refractivity contribution in [2.75, 3.05) is 34.5 Å². The summed E-state index contributed by atoms with van der Waals surface area (Å²) in [4.78, 5) is 0. The van der Waals surface area contributed by atoms with Crippen molar-refractivity contribution >= 4 is 16.4 Å². The van der Waals surface area contributed by atoms with Crippen LogP contribution in [0.1, 0.15) is 50.8 Å². The first-order valence-corrected chi connectivity index (χ1v) is 17.2. The van der Waals surface area contributed by atoms with Gasteiger partial charge in [0.05, 0.1) is 45.9 Å². The summed E-state index contributed by atoms with van der Waals surface area (Å²) in [6, 6.07) is 28.3. The minimum atomic E-state index is -1.55. The molecule has 0 N–H and O–H groups in total. The Balaban J connectivity index is 1.77. The molecule has 0 spiro atoms. The highest BCUT2D eigenvalue weighted by Gasteiger charge is 2.48. The van der Waals surface area contributed by atoms with E-state index in [0.717, 1.165) is 28.2 Å². The van der Waals surface area contributed by atoms with Gasteiger partial charge in [0.1, 0.15) is 43.3 Å². The lowest BCUT2D eigenvalue weighted by Gasteiger charge is -2.39. The Hall–Kier alpha value is -3.00. The highest BCUT2D eigenvalue weighted by atomic mass is 31.2. The molecule has 1 heterocycles. The maximum atomic E-state index is 9.22. The number of hydrogen-bond acceptors (Lipinski definition) is 9. The molecule has 11 heteroatoms. The average Bonchev–Trinajstić information content (AvgIpc) is 3.38.